The molecule has 2 N–H and O–H groups in total. The second-order valence-corrected chi connectivity index (χ2v) is 5.24. The minimum atomic E-state index is -1.14. The molecule has 0 spiro atoms. The molecule has 2 aromatic rings. The van der Waals surface area contributed by atoms with Gasteiger partial charge in [-0.3, -0.25) is 4.79 Å². The number of hydrogen-bond acceptors (Lipinski definition) is 2. The van der Waals surface area contributed by atoms with Gasteiger partial charge in [-0.1, -0.05) is 35.3 Å². The van der Waals surface area contributed by atoms with Crippen molar-refractivity contribution in [3.8, 4) is 0 Å². The summed E-state index contributed by atoms with van der Waals surface area (Å²) < 4.78 is 0. The average molecular weight is 336 g/mol. The van der Waals surface area contributed by atoms with E-state index in [-0.39, 0.29) is 11.3 Å². The van der Waals surface area contributed by atoms with Crippen molar-refractivity contribution in [1.29, 1.82) is 0 Å². The number of halogens is 2. The zero-order valence-corrected chi connectivity index (χ0v) is 12.7. The van der Waals surface area contributed by atoms with Gasteiger partial charge < -0.3 is 10.4 Å². The monoisotopic (exact) mass is 335 g/mol. The molecular formula is C16H11Cl2NO3. The summed E-state index contributed by atoms with van der Waals surface area (Å²) in [6, 6.07) is 11.1. The molecule has 0 aliphatic rings. The van der Waals surface area contributed by atoms with Gasteiger partial charge in [-0.2, -0.15) is 0 Å². The van der Waals surface area contributed by atoms with Crippen LogP contribution in [-0.4, -0.2) is 17.0 Å². The van der Waals surface area contributed by atoms with Crippen LogP contribution in [0.25, 0.3) is 6.08 Å². The normalized spacial score (nSPS) is 10.6. The van der Waals surface area contributed by atoms with E-state index in [1.807, 2.05) is 0 Å². The first-order chi connectivity index (χ1) is 10.5. The standard InChI is InChI=1S/C16H11Cl2NO3/c17-11-4-1-10(2-5-11)3-8-15(20)19-14-9-12(18)6-7-13(14)16(21)22/h1-9H,(H,19,20)(H,21,22). The molecule has 0 aromatic heterocycles. The van der Waals surface area contributed by atoms with Crippen LogP contribution in [0.4, 0.5) is 5.69 Å². The molecule has 0 saturated carbocycles. The van der Waals surface area contributed by atoms with Crippen LogP contribution in [0.1, 0.15) is 15.9 Å². The number of carbonyl (C=O) groups is 2. The van der Waals surface area contributed by atoms with E-state index in [0.29, 0.717) is 10.0 Å². The van der Waals surface area contributed by atoms with Crippen LogP contribution in [0.15, 0.2) is 48.5 Å². The quantitative estimate of drug-likeness (QED) is 0.816. The van der Waals surface area contributed by atoms with E-state index in [1.165, 1.54) is 24.3 Å². The Hall–Kier alpha value is -2.30. The summed E-state index contributed by atoms with van der Waals surface area (Å²) >= 11 is 11.6. The van der Waals surface area contributed by atoms with Crippen molar-refractivity contribution in [3.05, 3.63) is 69.7 Å². The maximum atomic E-state index is 11.9. The number of aromatic carboxylic acids is 1. The van der Waals surface area contributed by atoms with Gasteiger partial charge in [0.2, 0.25) is 5.91 Å². The number of carboxylic acids is 1. The van der Waals surface area contributed by atoms with Crippen LogP contribution < -0.4 is 5.32 Å². The van der Waals surface area contributed by atoms with Crippen molar-refractivity contribution < 1.29 is 14.7 Å². The number of amides is 1. The summed E-state index contributed by atoms with van der Waals surface area (Å²) in [6.07, 6.45) is 2.90. The lowest BCUT2D eigenvalue weighted by Gasteiger charge is -2.07. The summed E-state index contributed by atoms with van der Waals surface area (Å²) in [5.41, 5.74) is 0.910. The van der Waals surface area contributed by atoms with Crippen LogP contribution in [0.5, 0.6) is 0 Å². The molecule has 0 aliphatic heterocycles. The minimum Gasteiger partial charge on any atom is -0.478 e. The topological polar surface area (TPSA) is 66.4 Å². The average Bonchev–Trinajstić information content (AvgIpc) is 2.46. The molecule has 2 aromatic carbocycles. The fourth-order valence-electron chi connectivity index (χ4n) is 1.73. The van der Waals surface area contributed by atoms with Gasteiger partial charge in [0.25, 0.3) is 0 Å². The predicted molar refractivity (Wildman–Crippen MR) is 87.5 cm³/mol. The van der Waals surface area contributed by atoms with Gasteiger partial charge in [0.15, 0.2) is 0 Å². The Bertz CT molecular complexity index is 740. The fourth-order valence-corrected chi connectivity index (χ4v) is 2.02. The van der Waals surface area contributed by atoms with Gasteiger partial charge in [0, 0.05) is 16.1 Å². The first kappa shape index (κ1) is 16.1. The Labute approximate surface area is 137 Å². The molecule has 0 radical (unpaired) electrons. The summed E-state index contributed by atoms with van der Waals surface area (Å²) in [7, 11) is 0. The second kappa shape index (κ2) is 7.11. The molecule has 1 amide bonds. The van der Waals surface area contributed by atoms with Crippen molar-refractivity contribution in [2.45, 2.75) is 0 Å². The van der Waals surface area contributed by atoms with Gasteiger partial charge >= 0.3 is 5.97 Å². The van der Waals surface area contributed by atoms with Crippen LogP contribution >= 0.6 is 23.2 Å². The molecule has 112 valence electrons. The Morgan fingerprint density at radius 1 is 1.00 bits per heavy atom. The van der Waals surface area contributed by atoms with Gasteiger partial charge in [0.05, 0.1) is 11.3 Å². The largest absolute Gasteiger partial charge is 0.478 e. The number of rotatable bonds is 4. The highest BCUT2D eigenvalue weighted by atomic mass is 35.5. The molecule has 22 heavy (non-hydrogen) atoms. The van der Waals surface area contributed by atoms with Gasteiger partial charge in [-0.05, 0) is 42.0 Å². The van der Waals surface area contributed by atoms with Crippen molar-refractivity contribution >= 4 is 46.8 Å². The second-order valence-electron chi connectivity index (χ2n) is 4.37. The highest BCUT2D eigenvalue weighted by molar-refractivity contribution is 6.31. The Balaban J connectivity index is 2.13. The van der Waals surface area contributed by atoms with Gasteiger partial charge in [-0.15, -0.1) is 0 Å². The molecule has 6 heteroatoms. The molecule has 4 nitrogen and oxygen atoms in total. The molecule has 0 heterocycles. The lowest BCUT2D eigenvalue weighted by atomic mass is 10.1. The van der Waals surface area contributed by atoms with Crippen LogP contribution in [-0.2, 0) is 4.79 Å². The number of hydrogen-bond donors (Lipinski definition) is 2. The highest BCUT2D eigenvalue weighted by Gasteiger charge is 2.11. The van der Waals surface area contributed by atoms with Crippen molar-refractivity contribution in [3.63, 3.8) is 0 Å². The van der Waals surface area contributed by atoms with E-state index in [9.17, 15) is 9.59 Å². The molecular weight excluding hydrogens is 325 g/mol. The van der Waals surface area contributed by atoms with Crippen LogP contribution in [0, 0.1) is 0 Å². The van der Waals surface area contributed by atoms with Crippen molar-refractivity contribution in [1.82, 2.24) is 0 Å². The third kappa shape index (κ3) is 4.35. The van der Waals surface area contributed by atoms with E-state index in [0.717, 1.165) is 5.56 Å². The number of carbonyl (C=O) groups excluding carboxylic acids is 1. The van der Waals surface area contributed by atoms with Crippen LogP contribution in [0.3, 0.4) is 0 Å². The van der Waals surface area contributed by atoms with E-state index < -0.39 is 11.9 Å². The van der Waals surface area contributed by atoms with Crippen molar-refractivity contribution in [2.75, 3.05) is 5.32 Å². The summed E-state index contributed by atoms with van der Waals surface area (Å²) in [6.45, 7) is 0. The number of carboxylic acid groups (broad SMARTS) is 1. The smallest absolute Gasteiger partial charge is 0.337 e. The van der Waals surface area contributed by atoms with E-state index in [1.54, 1.807) is 30.3 Å². The van der Waals surface area contributed by atoms with Gasteiger partial charge in [-0.25, -0.2) is 4.79 Å². The SMILES string of the molecule is O=C(C=Cc1ccc(Cl)cc1)Nc1cc(Cl)ccc1C(=O)O. The summed E-state index contributed by atoms with van der Waals surface area (Å²) in [5.74, 6) is -1.60. The fraction of sp³-hybridized carbons (Fsp3) is 0. The lowest BCUT2D eigenvalue weighted by molar-refractivity contribution is -0.111. The predicted octanol–water partition coefficient (Wildman–Crippen LogP) is 4.34. The number of benzene rings is 2. The van der Waals surface area contributed by atoms with Gasteiger partial charge in [0.1, 0.15) is 0 Å². The highest BCUT2D eigenvalue weighted by Crippen LogP contribution is 2.21. The molecule has 2 rings (SSSR count). The Kier molecular flexibility index (Phi) is 5.20. The Morgan fingerprint density at radius 2 is 1.64 bits per heavy atom. The maximum absolute atomic E-state index is 11.9. The zero-order valence-electron chi connectivity index (χ0n) is 11.2. The molecule has 0 bridgehead atoms. The molecule has 0 atom stereocenters. The maximum Gasteiger partial charge on any atom is 0.337 e. The first-order valence-corrected chi connectivity index (χ1v) is 6.99. The zero-order chi connectivity index (χ0) is 16.1. The third-order valence-electron chi connectivity index (χ3n) is 2.77. The molecule has 0 unspecified atom stereocenters. The Morgan fingerprint density at radius 3 is 2.27 bits per heavy atom. The van der Waals surface area contributed by atoms with E-state index in [4.69, 9.17) is 28.3 Å². The van der Waals surface area contributed by atoms with E-state index >= 15 is 0 Å². The summed E-state index contributed by atoms with van der Waals surface area (Å²) in [5, 5.41) is 12.5. The molecule has 0 aliphatic carbocycles. The van der Waals surface area contributed by atoms with Crippen molar-refractivity contribution in [2.24, 2.45) is 0 Å². The molecule has 0 saturated heterocycles. The van der Waals surface area contributed by atoms with E-state index in [2.05, 4.69) is 5.32 Å². The minimum absolute atomic E-state index is 0.0300. The third-order valence-corrected chi connectivity index (χ3v) is 3.25. The van der Waals surface area contributed by atoms with Crippen LogP contribution in [0.2, 0.25) is 10.0 Å². The first-order valence-electron chi connectivity index (χ1n) is 6.23. The summed E-state index contributed by atoms with van der Waals surface area (Å²) in [4.78, 5) is 23.0. The molecule has 0 fully saturated rings. The number of nitrogens with one attached hydrogen (secondary N) is 1. The number of anilines is 1. The lowest BCUT2D eigenvalue weighted by Crippen LogP contribution is -2.12.